The van der Waals surface area contributed by atoms with E-state index in [9.17, 15) is 14.4 Å². The Balaban J connectivity index is 1.93. The molecule has 1 unspecified atom stereocenters. The van der Waals surface area contributed by atoms with Gasteiger partial charge in [0, 0.05) is 0 Å². The van der Waals surface area contributed by atoms with Gasteiger partial charge in [-0.05, 0) is 25.2 Å². The molecule has 0 aromatic carbocycles. The summed E-state index contributed by atoms with van der Waals surface area (Å²) in [6.07, 6.45) is 6.31. The number of rotatable bonds is 7. The van der Waals surface area contributed by atoms with Gasteiger partial charge in [-0.15, -0.1) is 6.58 Å². The number of urea groups is 1. The Morgan fingerprint density at radius 3 is 2.62 bits per heavy atom. The number of imide groups is 2. The van der Waals surface area contributed by atoms with E-state index in [-0.39, 0.29) is 25.0 Å². The molecule has 1 saturated carbocycles. The molecule has 0 aromatic heterocycles. The number of carbonyl (C=O) groups excluding carboxylic acids is 3. The SMILES string of the molecule is C=CCCOCCN1C(=O)NC(=O)C(C2CCCC2)C1=O. The third-order valence-corrected chi connectivity index (χ3v) is 4.09. The lowest BCUT2D eigenvalue weighted by atomic mass is 9.87. The van der Waals surface area contributed by atoms with Crippen molar-refractivity contribution in [3.63, 3.8) is 0 Å². The second kappa shape index (κ2) is 7.36. The molecule has 0 aromatic rings. The Bertz CT molecular complexity index is 429. The molecule has 2 aliphatic rings. The van der Waals surface area contributed by atoms with Gasteiger partial charge in [0.1, 0.15) is 5.92 Å². The van der Waals surface area contributed by atoms with Crippen molar-refractivity contribution in [3.8, 4) is 0 Å². The van der Waals surface area contributed by atoms with Crippen LogP contribution < -0.4 is 5.32 Å². The lowest BCUT2D eigenvalue weighted by Gasteiger charge is -2.32. The average Bonchev–Trinajstić information content (AvgIpc) is 2.95. The van der Waals surface area contributed by atoms with E-state index in [2.05, 4.69) is 11.9 Å². The molecule has 6 heteroatoms. The zero-order valence-corrected chi connectivity index (χ0v) is 12.2. The molecule has 6 nitrogen and oxygen atoms in total. The number of ether oxygens (including phenoxy) is 1. The van der Waals surface area contributed by atoms with Gasteiger partial charge in [-0.2, -0.15) is 0 Å². The molecular weight excluding hydrogens is 272 g/mol. The zero-order chi connectivity index (χ0) is 15.2. The highest BCUT2D eigenvalue weighted by molar-refractivity contribution is 6.16. The predicted octanol–water partition coefficient (Wildman–Crippen LogP) is 1.46. The van der Waals surface area contributed by atoms with E-state index in [0.717, 1.165) is 37.0 Å². The van der Waals surface area contributed by atoms with Crippen molar-refractivity contribution in [3.05, 3.63) is 12.7 Å². The summed E-state index contributed by atoms with van der Waals surface area (Å²) in [6.45, 7) is 4.56. The van der Waals surface area contributed by atoms with Gasteiger partial charge in [0.15, 0.2) is 0 Å². The summed E-state index contributed by atoms with van der Waals surface area (Å²) in [5, 5.41) is 2.29. The van der Waals surface area contributed by atoms with Gasteiger partial charge in [0.2, 0.25) is 11.8 Å². The topological polar surface area (TPSA) is 75.7 Å². The first kappa shape index (κ1) is 15.7. The fourth-order valence-electron chi connectivity index (χ4n) is 2.97. The predicted molar refractivity (Wildman–Crippen MR) is 76.3 cm³/mol. The van der Waals surface area contributed by atoms with Crippen molar-refractivity contribution in [1.29, 1.82) is 0 Å². The van der Waals surface area contributed by atoms with E-state index in [1.54, 1.807) is 6.08 Å². The van der Waals surface area contributed by atoms with E-state index >= 15 is 0 Å². The Labute approximate surface area is 124 Å². The number of nitrogens with zero attached hydrogens (tertiary/aromatic N) is 1. The summed E-state index contributed by atoms with van der Waals surface area (Å²) in [5.41, 5.74) is 0. The van der Waals surface area contributed by atoms with Gasteiger partial charge in [-0.25, -0.2) is 4.79 Å². The first-order valence-electron chi connectivity index (χ1n) is 7.50. The van der Waals surface area contributed by atoms with Crippen molar-refractivity contribution >= 4 is 17.8 Å². The van der Waals surface area contributed by atoms with Crippen LogP contribution in [0.1, 0.15) is 32.1 Å². The van der Waals surface area contributed by atoms with Crippen LogP contribution in [0, 0.1) is 11.8 Å². The van der Waals surface area contributed by atoms with Crippen molar-refractivity contribution < 1.29 is 19.1 Å². The van der Waals surface area contributed by atoms with Crippen molar-refractivity contribution in [2.24, 2.45) is 11.8 Å². The summed E-state index contributed by atoms with van der Waals surface area (Å²) in [7, 11) is 0. The zero-order valence-electron chi connectivity index (χ0n) is 12.2. The molecule has 116 valence electrons. The van der Waals surface area contributed by atoms with Crippen LogP contribution in [0.25, 0.3) is 0 Å². The Hall–Kier alpha value is -1.69. The standard InChI is InChI=1S/C15H22N2O4/c1-2-3-9-21-10-8-17-14(19)12(11-6-4-5-7-11)13(18)16-15(17)20/h2,11-12H,1,3-10H2,(H,16,18,20). The van der Waals surface area contributed by atoms with Crippen LogP contribution >= 0.6 is 0 Å². The van der Waals surface area contributed by atoms with E-state index in [4.69, 9.17) is 4.74 Å². The lowest BCUT2D eigenvalue weighted by molar-refractivity contribution is -0.145. The molecule has 1 aliphatic carbocycles. The summed E-state index contributed by atoms with van der Waals surface area (Å²) < 4.78 is 5.33. The van der Waals surface area contributed by atoms with Crippen LogP contribution in [0.5, 0.6) is 0 Å². The Morgan fingerprint density at radius 2 is 1.95 bits per heavy atom. The van der Waals surface area contributed by atoms with Gasteiger partial charge in [-0.1, -0.05) is 18.9 Å². The number of barbiturate groups is 1. The van der Waals surface area contributed by atoms with Crippen LogP contribution in [0.3, 0.4) is 0 Å². The molecule has 0 radical (unpaired) electrons. The molecule has 1 heterocycles. The van der Waals surface area contributed by atoms with Crippen molar-refractivity contribution in [2.75, 3.05) is 19.8 Å². The highest BCUT2D eigenvalue weighted by Gasteiger charge is 2.44. The highest BCUT2D eigenvalue weighted by Crippen LogP contribution is 2.33. The van der Waals surface area contributed by atoms with Gasteiger partial charge < -0.3 is 4.74 Å². The summed E-state index contributed by atoms with van der Waals surface area (Å²) in [4.78, 5) is 37.3. The minimum Gasteiger partial charge on any atom is -0.379 e. The molecule has 21 heavy (non-hydrogen) atoms. The first-order valence-corrected chi connectivity index (χ1v) is 7.50. The molecule has 1 saturated heterocycles. The van der Waals surface area contributed by atoms with Gasteiger partial charge in [-0.3, -0.25) is 19.8 Å². The maximum absolute atomic E-state index is 12.4. The summed E-state index contributed by atoms with van der Waals surface area (Å²) in [6, 6.07) is -0.633. The van der Waals surface area contributed by atoms with Crippen LogP contribution in [0.2, 0.25) is 0 Å². The monoisotopic (exact) mass is 294 g/mol. The molecule has 0 bridgehead atoms. The van der Waals surface area contributed by atoms with Crippen LogP contribution in [-0.2, 0) is 14.3 Å². The van der Waals surface area contributed by atoms with Gasteiger partial charge >= 0.3 is 6.03 Å². The van der Waals surface area contributed by atoms with Crippen molar-refractivity contribution in [2.45, 2.75) is 32.1 Å². The second-order valence-corrected chi connectivity index (χ2v) is 5.50. The summed E-state index contributed by atoms with van der Waals surface area (Å²) >= 11 is 0. The molecule has 0 spiro atoms. The van der Waals surface area contributed by atoms with Crippen LogP contribution in [-0.4, -0.2) is 42.5 Å². The third kappa shape index (κ3) is 3.69. The molecule has 4 amide bonds. The normalized spacial score (nSPS) is 23.5. The number of amides is 4. The van der Waals surface area contributed by atoms with Crippen LogP contribution in [0.15, 0.2) is 12.7 Å². The number of carbonyl (C=O) groups is 3. The maximum atomic E-state index is 12.4. The van der Waals surface area contributed by atoms with E-state index < -0.39 is 17.9 Å². The first-order chi connectivity index (χ1) is 10.1. The van der Waals surface area contributed by atoms with Gasteiger partial charge in [0.05, 0.1) is 19.8 Å². The van der Waals surface area contributed by atoms with Crippen molar-refractivity contribution in [1.82, 2.24) is 10.2 Å². The Morgan fingerprint density at radius 1 is 1.24 bits per heavy atom. The van der Waals surface area contributed by atoms with E-state index in [1.807, 2.05) is 0 Å². The maximum Gasteiger partial charge on any atom is 0.330 e. The fourth-order valence-corrected chi connectivity index (χ4v) is 2.97. The number of hydrogen-bond acceptors (Lipinski definition) is 4. The minimum absolute atomic E-state index is 0.0646. The summed E-state index contributed by atoms with van der Waals surface area (Å²) in [5.74, 6) is -1.46. The Kier molecular flexibility index (Phi) is 5.50. The fraction of sp³-hybridized carbons (Fsp3) is 0.667. The van der Waals surface area contributed by atoms with Gasteiger partial charge in [0.25, 0.3) is 0 Å². The van der Waals surface area contributed by atoms with E-state index in [1.165, 1.54) is 0 Å². The van der Waals surface area contributed by atoms with Crippen LogP contribution in [0.4, 0.5) is 4.79 Å². The smallest absolute Gasteiger partial charge is 0.330 e. The minimum atomic E-state index is -0.710. The molecular formula is C15H22N2O4. The number of nitrogens with one attached hydrogen (secondary N) is 1. The highest BCUT2D eigenvalue weighted by atomic mass is 16.5. The van der Waals surface area contributed by atoms with E-state index in [0.29, 0.717) is 6.61 Å². The quantitative estimate of drug-likeness (QED) is 0.438. The largest absolute Gasteiger partial charge is 0.379 e. The second-order valence-electron chi connectivity index (χ2n) is 5.50. The third-order valence-electron chi connectivity index (χ3n) is 4.09. The molecule has 1 N–H and O–H groups in total. The molecule has 2 rings (SSSR count). The molecule has 1 atom stereocenters. The molecule has 1 aliphatic heterocycles. The molecule has 2 fully saturated rings. The number of hydrogen-bond donors (Lipinski definition) is 1. The average molecular weight is 294 g/mol. The lowest BCUT2D eigenvalue weighted by Crippen LogP contribution is -2.60.